The molecule has 1 aromatic carbocycles. The Balaban J connectivity index is 2.15. The predicted octanol–water partition coefficient (Wildman–Crippen LogP) is 1.05. The zero-order chi connectivity index (χ0) is 17.9. The number of pyridine rings is 1. The van der Waals surface area contributed by atoms with Gasteiger partial charge in [-0.05, 0) is 24.6 Å². The van der Waals surface area contributed by atoms with Crippen LogP contribution in [0.15, 0.2) is 36.4 Å². The molecule has 8 heteroatoms. The van der Waals surface area contributed by atoms with Crippen LogP contribution in [-0.2, 0) is 16.8 Å². The van der Waals surface area contributed by atoms with Crippen molar-refractivity contribution in [2.75, 3.05) is 14.1 Å². The monoisotopic (exact) mass is 348 g/mol. The molecule has 7 nitrogen and oxygen atoms in total. The summed E-state index contributed by atoms with van der Waals surface area (Å²) in [6.45, 7) is 1.93. The highest BCUT2D eigenvalue weighted by atomic mass is 32.2. The van der Waals surface area contributed by atoms with Crippen molar-refractivity contribution in [1.29, 1.82) is 0 Å². The lowest BCUT2D eigenvalue weighted by Crippen LogP contribution is -2.35. The first-order chi connectivity index (χ1) is 11.2. The molecule has 0 radical (unpaired) electrons. The lowest BCUT2D eigenvalue weighted by Gasteiger charge is -2.12. The topological polar surface area (TPSA) is 105 Å². The second kappa shape index (κ2) is 7.08. The van der Waals surface area contributed by atoms with Gasteiger partial charge in [-0.2, -0.15) is 17.4 Å². The second-order valence-electron chi connectivity index (χ2n) is 5.50. The molecule has 0 unspecified atom stereocenters. The van der Waals surface area contributed by atoms with E-state index in [-0.39, 0.29) is 6.54 Å². The number of aryl methyl sites for hydroxylation is 1. The maximum absolute atomic E-state index is 11.7. The predicted molar refractivity (Wildman–Crippen MR) is 92.4 cm³/mol. The average Bonchev–Trinajstić information content (AvgIpc) is 2.53. The maximum Gasteiger partial charge on any atom is 0.279 e. The minimum absolute atomic E-state index is 0.202. The van der Waals surface area contributed by atoms with Gasteiger partial charge < -0.3 is 5.73 Å². The van der Waals surface area contributed by atoms with Crippen LogP contribution in [0.4, 0.5) is 0 Å². The Hall–Kier alpha value is -2.29. The number of benzene rings is 1. The number of carbonyl (C=O) groups is 1. The molecule has 0 fully saturated rings. The third-order valence-corrected chi connectivity index (χ3v) is 5.01. The van der Waals surface area contributed by atoms with Crippen molar-refractivity contribution >= 4 is 16.1 Å². The molecule has 0 atom stereocenters. The highest BCUT2D eigenvalue weighted by Crippen LogP contribution is 2.19. The largest absolute Gasteiger partial charge is 0.366 e. The van der Waals surface area contributed by atoms with E-state index in [1.807, 2.05) is 24.3 Å². The molecule has 0 aliphatic carbocycles. The quantitative estimate of drug-likeness (QED) is 0.814. The Morgan fingerprint density at radius 2 is 1.79 bits per heavy atom. The molecule has 2 aromatic rings. The Labute approximate surface area is 141 Å². The summed E-state index contributed by atoms with van der Waals surface area (Å²) in [7, 11) is -0.515. The molecule has 0 saturated heterocycles. The van der Waals surface area contributed by atoms with E-state index in [1.165, 1.54) is 14.1 Å². The van der Waals surface area contributed by atoms with Crippen molar-refractivity contribution in [3.63, 3.8) is 0 Å². The van der Waals surface area contributed by atoms with Crippen LogP contribution in [0.3, 0.4) is 0 Å². The SMILES string of the molecule is Cc1nc(-c2ccc(CNS(=O)(=O)N(C)C)cc2)ccc1C(N)=O. The number of carbonyl (C=O) groups excluding carboxylic acids is 1. The van der Waals surface area contributed by atoms with Crippen LogP contribution < -0.4 is 10.5 Å². The Kier molecular flexibility index (Phi) is 5.33. The van der Waals surface area contributed by atoms with Crippen LogP contribution in [0.2, 0.25) is 0 Å². The summed E-state index contributed by atoms with van der Waals surface area (Å²) in [5.41, 5.74) is 8.66. The zero-order valence-corrected chi connectivity index (χ0v) is 14.6. The summed E-state index contributed by atoms with van der Waals surface area (Å²) < 4.78 is 27.0. The van der Waals surface area contributed by atoms with E-state index in [1.54, 1.807) is 19.1 Å². The molecular formula is C16H20N4O3S. The molecule has 128 valence electrons. The number of hydrogen-bond acceptors (Lipinski definition) is 4. The fourth-order valence-electron chi connectivity index (χ4n) is 2.08. The van der Waals surface area contributed by atoms with E-state index in [2.05, 4.69) is 9.71 Å². The van der Waals surface area contributed by atoms with E-state index < -0.39 is 16.1 Å². The van der Waals surface area contributed by atoms with E-state index in [4.69, 9.17) is 5.73 Å². The summed E-state index contributed by atoms with van der Waals surface area (Å²) >= 11 is 0. The first-order valence-electron chi connectivity index (χ1n) is 7.24. The van der Waals surface area contributed by atoms with E-state index >= 15 is 0 Å². The summed E-state index contributed by atoms with van der Waals surface area (Å²) in [5.74, 6) is -0.505. The number of primary amides is 1. The molecular weight excluding hydrogens is 328 g/mol. The molecule has 0 spiro atoms. The average molecular weight is 348 g/mol. The third kappa shape index (κ3) is 4.16. The molecule has 0 saturated carbocycles. The number of nitrogens with one attached hydrogen (secondary N) is 1. The highest BCUT2D eigenvalue weighted by molar-refractivity contribution is 7.87. The number of amides is 1. The molecule has 1 amide bonds. The van der Waals surface area contributed by atoms with Gasteiger partial charge in [0.25, 0.3) is 16.1 Å². The van der Waals surface area contributed by atoms with E-state index in [0.29, 0.717) is 11.3 Å². The second-order valence-corrected chi connectivity index (χ2v) is 7.47. The molecule has 1 heterocycles. The van der Waals surface area contributed by atoms with Crippen LogP contribution in [0.5, 0.6) is 0 Å². The maximum atomic E-state index is 11.7. The van der Waals surface area contributed by atoms with Crippen molar-refractivity contribution in [1.82, 2.24) is 14.0 Å². The van der Waals surface area contributed by atoms with Crippen molar-refractivity contribution in [2.45, 2.75) is 13.5 Å². The van der Waals surface area contributed by atoms with Gasteiger partial charge in [0.05, 0.1) is 17.0 Å². The van der Waals surface area contributed by atoms with Gasteiger partial charge >= 0.3 is 0 Å². The highest BCUT2D eigenvalue weighted by Gasteiger charge is 2.12. The molecule has 3 N–H and O–H groups in total. The summed E-state index contributed by atoms with van der Waals surface area (Å²) in [4.78, 5) is 15.6. The first kappa shape index (κ1) is 18.1. The molecule has 24 heavy (non-hydrogen) atoms. The Bertz CT molecular complexity index is 846. The smallest absolute Gasteiger partial charge is 0.279 e. The van der Waals surface area contributed by atoms with Gasteiger partial charge in [-0.25, -0.2) is 0 Å². The molecule has 0 aliphatic rings. The van der Waals surface area contributed by atoms with Gasteiger partial charge in [0.2, 0.25) is 0 Å². The van der Waals surface area contributed by atoms with Gasteiger partial charge in [0.15, 0.2) is 0 Å². The number of hydrogen-bond donors (Lipinski definition) is 2. The molecule has 0 bridgehead atoms. The standard InChI is InChI=1S/C16H20N4O3S/c1-11-14(16(17)21)8-9-15(19-11)13-6-4-12(5-7-13)10-18-24(22,23)20(2)3/h4-9,18H,10H2,1-3H3,(H2,17,21). The lowest BCUT2D eigenvalue weighted by molar-refractivity contribution is 0.0999. The summed E-state index contributed by atoms with van der Waals surface area (Å²) in [6.07, 6.45) is 0. The van der Waals surface area contributed by atoms with Crippen molar-refractivity contribution in [3.05, 3.63) is 53.2 Å². The normalized spacial score (nSPS) is 11.7. The molecule has 2 rings (SSSR count). The Morgan fingerprint density at radius 1 is 1.17 bits per heavy atom. The fourth-order valence-corrected chi connectivity index (χ4v) is 2.69. The van der Waals surface area contributed by atoms with Crippen molar-refractivity contribution in [3.8, 4) is 11.3 Å². The number of rotatable bonds is 6. The minimum Gasteiger partial charge on any atom is -0.366 e. The Morgan fingerprint density at radius 3 is 2.29 bits per heavy atom. The van der Waals surface area contributed by atoms with E-state index in [0.717, 1.165) is 21.1 Å². The number of nitrogens with two attached hydrogens (primary N) is 1. The van der Waals surface area contributed by atoms with Crippen molar-refractivity contribution in [2.24, 2.45) is 5.73 Å². The van der Waals surface area contributed by atoms with Gasteiger partial charge in [-0.3, -0.25) is 9.78 Å². The van der Waals surface area contributed by atoms with Crippen molar-refractivity contribution < 1.29 is 13.2 Å². The summed E-state index contributed by atoms with van der Waals surface area (Å²) in [5, 5.41) is 0. The van der Waals surface area contributed by atoms with Gasteiger partial charge in [-0.15, -0.1) is 0 Å². The fraction of sp³-hybridized carbons (Fsp3) is 0.250. The first-order valence-corrected chi connectivity index (χ1v) is 8.68. The molecule has 1 aromatic heterocycles. The number of nitrogens with zero attached hydrogens (tertiary/aromatic N) is 2. The van der Waals surface area contributed by atoms with Gasteiger partial charge in [-0.1, -0.05) is 24.3 Å². The van der Waals surface area contributed by atoms with Crippen LogP contribution in [0.1, 0.15) is 21.6 Å². The minimum atomic E-state index is -3.45. The zero-order valence-electron chi connectivity index (χ0n) is 13.8. The van der Waals surface area contributed by atoms with Gasteiger partial charge in [0.1, 0.15) is 0 Å². The number of aromatic nitrogens is 1. The molecule has 0 aliphatic heterocycles. The van der Waals surface area contributed by atoms with Crippen LogP contribution in [-0.4, -0.2) is 37.7 Å². The lowest BCUT2D eigenvalue weighted by atomic mass is 10.1. The summed E-state index contributed by atoms with van der Waals surface area (Å²) in [6, 6.07) is 10.7. The van der Waals surface area contributed by atoms with Crippen LogP contribution in [0, 0.1) is 6.92 Å². The van der Waals surface area contributed by atoms with Crippen LogP contribution >= 0.6 is 0 Å². The van der Waals surface area contributed by atoms with Gasteiger partial charge in [0, 0.05) is 26.2 Å². The third-order valence-electron chi connectivity index (χ3n) is 3.54. The van der Waals surface area contributed by atoms with Crippen LogP contribution in [0.25, 0.3) is 11.3 Å². The van der Waals surface area contributed by atoms with E-state index in [9.17, 15) is 13.2 Å².